The van der Waals surface area contributed by atoms with Gasteiger partial charge in [0.2, 0.25) is 0 Å². The van der Waals surface area contributed by atoms with Crippen LogP contribution in [0.5, 0.6) is 0 Å². The van der Waals surface area contributed by atoms with Gasteiger partial charge in [-0.25, -0.2) is 0 Å². The van der Waals surface area contributed by atoms with Crippen LogP contribution in [0.4, 0.5) is 0 Å². The second-order valence-corrected chi connectivity index (χ2v) is 6.80. The molecule has 26 heavy (non-hydrogen) atoms. The van der Waals surface area contributed by atoms with E-state index in [1.807, 2.05) is 71.0 Å². The first-order valence-electron chi connectivity index (χ1n) is 9.04. The predicted octanol–water partition coefficient (Wildman–Crippen LogP) is 3.60. The van der Waals surface area contributed by atoms with Gasteiger partial charge >= 0.3 is 0 Å². The molecule has 1 fully saturated rings. The van der Waals surface area contributed by atoms with E-state index in [0.717, 1.165) is 42.0 Å². The predicted molar refractivity (Wildman–Crippen MR) is 100 cm³/mol. The summed E-state index contributed by atoms with van der Waals surface area (Å²) in [5.41, 5.74) is 2.86. The summed E-state index contributed by atoms with van der Waals surface area (Å²) < 4.78 is 2.03. The van der Waals surface area contributed by atoms with Gasteiger partial charge in [-0.05, 0) is 43.5 Å². The highest BCUT2D eigenvalue weighted by Gasteiger charge is 2.29. The number of para-hydroxylation sites is 1. The zero-order chi connectivity index (χ0) is 17.9. The van der Waals surface area contributed by atoms with E-state index < -0.39 is 0 Å². The minimum absolute atomic E-state index is 0.110. The second kappa shape index (κ2) is 7.12. The van der Waals surface area contributed by atoms with Gasteiger partial charge in [0.15, 0.2) is 0 Å². The Labute approximate surface area is 153 Å². The summed E-state index contributed by atoms with van der Waals surface area (Å²) in [5, 5.41) is 8.50. The third kappa shape index (κ3) is 3.12. The molecule has 2 heterocycles. The average Bonchev–Trinajstić information content (AvgIpc) is 3.18. The lowest BCUT2D eigenvalue weighted by Gasteiger charge is -2.32. The normalized spacial score (nSPS) is 17.3. The molecule has 5 heteroatoms. The van der Waals surface area contributed by atoms with Crippen LogP contribution in [-0.4, -0.2) is 38.7 Å². The van der Waals surface area contributed by atoms with Crippen molar-refractivity contribution in [2.75, 3.05) is 13.1 Å². The highest BCUT2D eigenvalue weighted by atomic mass is 16.2. The number of aryl methyl sites for hydroxylation is 1. The number of amides is 1. The first kappa shape index (κ1) is 16.5. The molecule has 0 radical (unpaired) electrons. The Balaban J connectivity index is 1.58. The molecule has 1 amide bonds. The van der Waals surface area contributed by atoms with Gasteiger partial charge in [0.1, 0.15) is 12.2 Å². The molecule has 3 aromatic rings. The van der Waals surface area contributed by atoms with E-state index in [4.69, 9.17) is 0 Å². The summed E-state index contributed by atoms with van der Waals surface area (Å²) in [6.07, 6.45) is 3.75. The summed E-state index contributed by atoms with van der Waals surface area (Å²) in [6, 6.07) is 17.9. The van der Waals surface area contributed by atoms with Gasteiger partial charge in [-0.2, -0.15) is 0 Å². The Morgan fingerprint density at radius 3 is 2.65 bits per heavy atom. The van der Waals surface area contributed by atoms with E-state index in [1.54, 1.807) is 6.33 Å². The van der Waals surface area contributed by atoms with E-state index in [2.05, 4.69) is 10.2 Å². The van der Waals surface area contributed by atoms with Crippen molar-refractivity contribution < 1.29 is 4.79 Å². The lowest BCUT2D eigenvalue weighted by molar-refractivity contribution is 0.0703. The van der Waals surface area contributed by atoms with Crippen molar-refractivity contribution in [3.63, 3.8) is 0 Å². The van der Waals surface area contributed by atoms with E-state index in [-0.39, 0.29) is 11.8 Å². The molecule has 1 aliphatic rings. The quantitative estimate of drug-likeness (QED) is 0.728. The van der Waals surface area contributed by atoms with E-state index in [0.29, 0.717) is 6.54 Å². The topological polar surface area (TPSA) is 51.0 Å². The molecule has 0 spiro atoms. The van der Waals surface area contributed by atoms with Crippen LogP contribution in [0.1, 0.15) is 40.5 Å². The van der Waals surface area contributed by atoms with Crippen molar-refractivity contribution in [3.8, 4) is 5.69 Å². The smallest absolute Gasteiger partial charge is 0.254 e. The van der Waals surface area contributed by atoms with Crippen molar-refractivity contribution in [3.05, 3.63) is 77.9 Å². The Bertz CT molecular complexity index is 903. The Hall–Kier alpha value is -2.95. The lowest BCUT2D eigenvalue weighted by atomic mass is 9.96. The van der Waals surface area contributed by atoms with Gasteiger partial charge in [0.05, 0.1) is 0 Å². The number of hydrogen-bond acceptors (Lipinski definition) is 3. The summed E-state index contributed by atoms with van der Waals surface area (Å²) in [5.74, 6) is 1.23. The van der Waals surface area contributed by atoms with Gasteiger partial charge < -0.3 is 4.90 Å². The Morgan fingerprint density at radius 2 is 1.85 bits per heavy atom. The van der Waals surface area contributed by atoms with Crippen molar-refractivity contribution in [1.29, 1.82) is 0 Å². The third-order valence-electron chi connectivity index (χ3n) is 5.06. The standard InChI is InChI=1S/C21H22N4O/c1-16-8-5-6-12-19(16)21(26)24-13-7-9-17(14-24)20-23-22-15-25(20)18-10-3-2-4-11-18/h2-6,8,10-12,15,17H,7,9,13-14H2,1H3. The van der Waals surface area contributed by atoms with Crippen LogP contribution in [0, 0.1) is 6.92 Å². The van der Waals surface area contributed by atoms with Crippen LogP contribution in [0.25, 0.3) is 5.69 Å². The van der Waals surface area contributed by atoms with E-state index in [9.17, 15) is 4.79 Å². The first-order valence-corrected chi connectivity index (χ1v) is 9.04. The van der Waals surface area contributed by atoms with Crippen LogP contribution in [-0.2, 0) is 0 Å². The number of nitrogens with zero attached hydrogens (tertiary/aromatic N) is 4. The molecule has 1 aromatic heterocycles. The van der Waals surface area contributed by atoms with E-state index >= 15 is 0 Å². The van der Waals surface area contributed by atoms with Crippen molar-refractivity contribution in [2.45, 2.75) is 25.7 Å². The number of carbonyl (C=O) groups is 1. The summed E-state index contributed by atoms with van der Waals surface area (Å²) in [4.78, 5) is 14.9. The van der Waals surface area contributed by atoms with Crippen LogP contribution < -0.4 is 0 Å². The van der Waals surface area contributed by atoms with Crippen LogP contribution in [0.3, 0.4) is 0 Å². The van der Waals surface area contributed by atoms with Gasteiger partial charge in [0.25, 0.3) is 5.91 Å². The third-order valence-corrected chi connectivity index (χ3v) is 5.06. The highest BCUT2D eigenvalue weighted by Crippen LogP contribution is 2.28. The number of benzene rings is 2. The molecule has 4 rings (SSSR count). The maximum Gasteiger partial charge on any atom is 0.254 e. The zero-order valence-electron chi connectivity index (χ0n) is 14.9. The molecule has 0 bridgehead atoms. The highest BCUT2D eigenvalue weighted by molar-refractivity contribution is 5.95. The fraction of sp³-hybridized carbons (Fsp3) is 0.286. The number of hydrogen-bond donors (Lipinski definition) is 0. The van der Waals surface area contributed by atoms with Gasteiger partial charge in [-0.15, -0.1) is 10.2 Å². The zero-order valence-corrected chi connectivity index (χ0v) is 14.9. The number of rotatable bonds is 3. The molecule has 0 saturated carbocycles. The summed E-state index contributed by atoms with van der Waals surface area (Å²) in [6.45, 7) is 3.46. The summed E-state index contributed by atoms with van der Waals surface area (Å²) >= 11 is 0. The number of piperidine rings is 1. The Morgan fingerprint density at radius 1 is 1.08 bits per heavy atom. The average molecular weight is 346 g/mol. The molecule has 1 aliphatic heterocycles. The molecule has 132 valence electrons. The molecule has 2 aromatic carbocycles. The molecule has 1 atom stereocenters. The number of aromatic nitrogens is 3. The first-order chi connectivity index (χ1) is 12.7. The largest absolute Gasteiger partial charge is 0.338 e. The SMILES string of the molecule is Cc1ccccc1C(=O)N1CCCC(c2nncn2-c2ccccc2)C1. The number of likely N-dealkylation sites (tertiary alicyclic amines) is 1. The van der Waals surface area contributed by atoms with Crippen LogP contribution in [0.2, 0.25) is 0 Å². The molecule has 1 saturated heterocycles. The molecule has 0 aliphatic carbocycles. The van der Waals surface area contributed by atoms with Gasteiger partial charge in [-0.3, -0.25) is 9.36 Å². The molecule has 0 N–H and O–H groups in total. The van der Waals surface area contributed by atoms with Gasteiger partial charge in [-0.1, -0.05) is 36.4 Å². The van der Waals surface area contributed by atoms with Crippen molar-refractivity contribution in [1.82, 2.24) is 19.7 Å². The maximum atomic E-state index is 13.0. The fourth-order valence-electron chi connectivity index (χ4n) is 3.67. The fourth-order valence-corrected chi connectivity index (χ4v) is 3.67. The molecule has 5 nitrogen and oxygen atoms in total. The molecule has 1 unspecified atom stereocenters. The van der Waals surface area contributed by atoms with Crippen LogP contribution in [0.15, 0.2) is 60.9 Å². The monoisotopic (exact) mass is 346 g/mol. The van der Waals surface area contributed by atoms with Crippen molar-refractivity contribution in [2.24, 2.45) is 0 Å². The molecular weight excluding hydrogens is 324 g/mol. The van der Waals surface area contributed by atoms with Crippen molar-refractivity contribution >= 4 is 5.91 Å². The van der Waals surface area contributed by atoms with Crippen LogP contribution >= 0.6 is 0 Å². The minimum atomic E-state index is 0.110. The minimum Gasteiger partial charge on any atom is -0.338 e. The maximum absolute atomic E-state index is 13.0. The summed E-state index contributed by atoms with van der Waals surface area (Å²) in [7, 11) is 0. The lowest BCUT2D eigenvalue weighted by Crippen LogP contribution is -2.40. The second-order valence-electron chi connectivity index (χ2n) is 6.80. The molecular formula is C21H22N4O. The number of carbonyl (C=O) groups excluding carboxylic acids is 1. The Kier molecular flexibility index (Phi) is 4.52. The van der Waals surface area contributed by atoms with Gasteiger partial charge in [0, 0.05) is 30.3 Å². The van der Waals surface area contributed by atoms with E-state index in [1.165, 1.54) is 0 Å².